The maximum absolute atomic E-state index is 12.4. The van der Waals surface area contributed by atoms with Gasteiger partial charge in [-0.1, -0.05) is 36.9 Å². The Labute approximate surface area is 146 Å². The molecule has 2 aromatic carbocycles. The highest BCUT2D eigenvalue weighted by Gasteiger charge is 2.15. The number of hydrogen-bond donors (Lipinski definition) is 1. The summed E-state index contributed by atoms with van der Waals surface area (Å²) in [6.07, 6.45) is -0.475. The molecular weight excluding hydrogens is 320 g/mol. The van der Waals surface area contributed by atoms with Gasteiger partial charge in [0.05, 0.1) is 5.56 Å². The van der Waals surface area contributed by atoms with Gasteiger partial charge in [-0.15, -0.1) is 0 Å². The molecule has 0 aliphatic heterocycles. The van der Waals surface area contributed by atoms with Crippen LogP contribution in [0.2, 0.25) is 0 Å². The Balaban J connectivity index is 2.01. The predicted octanol–water partition coefficient (Wildman–Crippen LogP) is 3.51. The summed E-state index contributed by atoms with van der Waals surface area (Å²) in [5.41, 5.74) is 1.00. The van der Waals surface area contributed by atoms with E-state index in [0.717, 1.165) is 0 Å². The zero-order valence-corrected chi connectivity index (χ0v) is 14.2. The third-order valence-electron chi connectivity index (χ3n) is 3.39. The monoisotopic (exact) mass is 340 g/mol. The number of hydrogen-bond acceptors (Lipinski definition) is 5. The van der Waals surface area contributed by atoms with E-state index in [0.29, 0.717) is 16.9 Å². The van der Waals surface area contributed by atoms with Crippen molar-refractivity contribution in [3.8, 4) is 11.5 Å². The zero-order valence-electron chi connectivity index (χ0n) is 14.2. The van der Waals surface area contributed by atoms with Gasteiger partial charge in [0.2, 0.25) is 0 Å². The van der Waals surface area contributed by atoms with Gasteiger partial charge in [-0.05, 0) is 26.0 Å². The van der Waals surface area contributed by atoms with Crippen LogP contribution in [0.1, 0.15) is 29.8 Å². The summed E-state index contributed by atoms with van der Waals surface area (Å²) in [5.74, 6) is -0.547. The van der Waals surface area contributed by atoms with Crippen LogP contribution in [0.3, 0.4) is 0 Å². The molecule has 1 unspecified atom stereocenters. The molecule has 5 heteroatoms. The summed E-state index contributed by atoms with van der Waals surface area (Å²) in [6, 6.07) is 13.2. The van der Waals surface area contributed by atoms with Crippen LogP contribution in [-0.2, 0) is 9.53 Å². The lowest BCUT2D eigenvalue weighted by Crippen LogP contribution is -2.22. The highest BCUT2D eigenvalue weighted by molar-refractivity contribution is 6.10. The van der Waals surface area contributed by atoms with Crippen molar-refractivity contribution >= 4 is 11.8 Å². The molecule has 0 saturated carbocycles. The van der Waals surface area contributed by atoms with Crippen molar-refractivity contribution in [3.05, 3.63) is 71.8 Å². The molecule has 0 saturated heterocycles. The molecule has 130 valence electrons. The van der Waals surface area contributed by atoms with Gasteiger partial charge in [-0.25, -0.2) is 4.79 Å². The van der Waals surface area contributed by atoms with Gasteiger partial charge < -0.3 is 14.6 Å². The Morgan fingerprint density at radius 1 is 1.16 bits per heavy atom. The Kier molecular flexibility index (Phi) is 5.95. The molecule has 0 aromatic heterocycles. The molecule has 0 amide bonds. The number of esters is 1. The van der Waals surface area contributed by atoms with Gasteiger partial charge in [-0.3, -0.25) is 4.79 Å². The summed E-state index contributed by atoms with van der Waals surface area (Å²) < 4.78 is 10.6. The molecule has 2 rings (SSSR count). The van der Waals surface area contributed by atoms with Crippen LogP contribution in [-0.4, -0.2) is 29.6 Å². The molecule has 2 aromatic rings. The summed E-state index contributed by atoms with van der Waals surface area (Å²) in [5, 5.41) is 10.1. The minimum absolute atomic E-state index is 0.116. The van der Waals surface area contributed by atoms with Crippen molar-refractivity contribution in [3.63, 3.8) is 0 Å². The van der Waals surface area contributed by atoms with E-state index in [2.05, 4.69) is 6.58 Å². The lowest BCUT2D eigenvalue weighted by Gasteiger charge is -2.15. The molecule has 0 heterocycles. The average Bonchev–Trinajstić information content (AvgIpc) is 2.60. The molecule has 0 aliphatic rings. The molecule has 0 aliphatic carbocycles. The van der Waals surface area contributed by atoms with Crippen molar-refractivity contribution in [2.75, 3.05) is 6.61 Å². The van der Waals surface area contributed by atoms with Crippen molar-refractivity contribution in [1.29, 1.82) is 0 Å². The SMILES string of the molecule is C=C(C)C(=O)OC(C)COc1ccc(C(=O)c2ccccc2)c(O)c1. The predicted molar refractivity (Wildman–Crippen MR) is 93.8 cm³/mol. The first-order valence-corrected chi connectivity index (χ1v) is 7.80. The Morgan fingerprint density at radius 2 is 1.84 bits per heavy atom. The fourth-order valence-electron chi connectivity index (χ4n) is 2.07. The minimum Gasteiger partial charge on any atom is -0.507 e. The maximum Gasteiger partial charge on any atom is 0.333 e. The van der Waals surface area contributed by atoms with Gasteiger partial charge in [0.15, 0.2) is 5.78 Å². The van der Waals surface area contributed by atoms with E-state index in [9.17, 15) is 14.7 Å². The van der Waals surface area contributed by atoms with E-state index in [1.165, 1.54) is 12.1 Å². The second-order valence-corrected chi connectivity index (χ2v) is 5.68. The van der Waals surface area contributed by atoms with Crippen molar-refractivity contribution in [1.82, 2.24) is 0 Å². The van der Waals surface area contributed by atoms with Crippen LogP contribution in [0.15, 0.2) is 60.7 Å². The summed E-state index contributed by atoms with van der Waals surface area (Å²) >= 11 is 0. The van der Waals surface area contributed by atoms with Crippen molar-refractivity contribution < 1.29 is 24.2 Å². The molecule has 0 bridgehead atoms. The third-order valence-corrected chi connectivity index (χ3v) is 3.39. The number of carbonyl (C=O) groups excluding carboxylic acids is 2. The topological polar surface area (TPSA) is 72.8 Å². The number of carbonyl (C=O) groups is 2. The van der Waals surface area contributed by atoms with E-state index in [-0.39, 0.29) is 23.7 Å². The van der Waals surface area contributed by atoms with Gasteiger partial charge in [0.1, 0.15) is 24.2 Å². The molecule has 1 N–H and O–H groups in total. The van der Waals surface area contributed by atoms with Gasteiger partial charge in [-0.2, -0.15) is 0 Å². The molecule has 5 nitrogen and oxygen atoms in total. The van der Waals surface area contributed by atoms with Crippen LogP contribution >= 0.6 is 0 Å². The highest BCUT2D eigenvalue weighted by atomic mass is 16.6. The van der Waals surface area contributed by atoms with Crippen LogP contribution in [0.5, 0.6) is 11.5 Å². The lowest BCUT2D eigenvalue weighted by atomic mass is 10.0. The fourth-order valence-corrected chi connectivity index (χ4v) is 2.07. The minimum atomic E-state index is -0.484. The second-order valence-electron chi connectivity index (χ2n) is 5.68. The Bertz CT molecular complexity index is 780. The molecular formula is C20H20O5. The lowest BCUT2D eigenvalue weighted by molar-refractivity contribution is -0.144. The number of aromatic hydroxyl groups is 1. The first kappa shape index (κ1) is 18.3. The quantitative estimate of drug-likeness (QED) is 0.474. The van der Waals surface area contributed by atoms with E-state index in [1.807, 2.05) is 6.07 Å². The molecule has 0 radical (unpaired) electrons. The summed E-state index contributed by atoms with van der Waals surface area (Å²) in [6.45, 7) is 6.88. The second kappa shape index (κ2) is 8.15. The Morgan fingerprint density at radius 3 is 2.44 bits per heavy atom. The largest absolute Gasteiger partial charge is 0.507 e. The number of rotatable bonds is 7. The van der Waals surface area contributed by atoms with Crippen LogP contribution < -0.4 is 4.74 Å². The first-order chi connectivity index (χ1) is 11.9. The maximum atomic E-state index is 12.4. The van der Waals surface area contributed by atoms with E-state index in [4.69, 9.17) is 9.47 Å². The molecule has 25 heavy (non-hydrogen) atoms. The highest BCUT2D eigenvalue weighted by Crippen LogP contribution is 2.26. The molecule has 1 atom stereocenters. The van der Waals surface area contributed by atoms with Crippen molar-refractivity contribution in [2.24, 2.45) is 0 Å². The number of ether oxygens (including phenoxy) is 2. The smallest absolute Gasteiger partial charge is 0.333 e. The van der Waals surface area contributed by atoms with Crippen molar-refractivity contribution in [2.45, 2.75) is 20.0 Å². The van der Waals surface area contributed by atoms with Gasteiger partial charge in [0, 0.05) is 17.2 Å². The number of benzene rings is 2. The van der Waals surface area contributed by atoms with Gasteiger partial charge >= 0.3 is 5.97 Å². The summed E-state index contributed by atoms with van der Waals surface area (Å²) in [7, 11) is 0. The Hall–Kier alpha value is -3.08. The molecule has 0 spiro atoms. The van der Waals surface area contributed by atoms with Crippen LogP contribution in [0.25, 0.3) is 0 Å². The van der Waals surface area contributed by atoms with E-state index < -0.39 is 12.1 Å². The number of phenolic OH excluding ortho intramolecular Hbond substituents is 1. The zero-order chi connectivity index (χ0) is 18.4. The van der Waals surface area contributed by atoms with Crippen LogP contribution in [0, 0.1) is 0 Å². The van der Waals surface area contributed by atoms with Crippen LogP contribution in [0.4, 0.5) is 0 Å². The fraction of sp³-hybridized carbons (Fsp3) is 0.200. The first-order valence-electron chi connectivity index (χ1n) is 7.80. The van der Waals surface area contributed by atoms with E-state index >= 15 is 0 Å². The third kappa shape index (κ3) is 4.94. The summed E-state index contributed by atoms with van der Waals surface area (Å²) in [4.78, 5) is 23.8. The molecule has 0 fully saturated rings. The number of ketones is 1. The standard InChI is InChI=1S/C20H20O5/c1-13(2)20(23)25-14(3)12-24-16-9-10-17(18(21)11-16)19(22)15-7-5-4-6-8-15/h4-11,14,21H,1,12H2,2-3H3. The van der Waals surface area contributed by atoms with E-state index in [1.54, 1.807) is 44.2 Å². The average molecular weight is 340 g/mol. The normalized spacial score (nSPS) is 11.4. The number of phenols is 1. The van der Waals surface area contributed by atoms with Gasteiger partial charge in [0.25, 0.3) is 0 Å².